The normalized spacial score (nSPS) is 28.3. The summed E-state index contributed by atoms with van der Waals surface area (Å²) in [6.07, 6.45) is 5.91. The van der Waals surface area contributed by atoms with E-state index in [9.17, 15) is 0 Å². The van der Waals surface area contributed by atoms with Crippen molar-refractivity contribution in [2.45, 2.75) is 65.5 Å². The van der Waals surface area contributed by atoms with Crippen LogP contribution in [-0.2, 0) is 4.74 Å². The summed E-state index contributed by atoms with van der Waals surface area (Å²) < 4.78 is 5.57. The number of hydrogen-bond acceptors (Lipinski definition) is 2. The minimum Gasteiger partial charge on any atom is -0.377 e. The van der Waals surface area contributed by atoms with Gasteiger partial charge >= 0.3 is 0 Å². The van der Waals surface area contributed by atoms with E-state index in [1.54, 1.807) is 0 Å². The molecule has 0 amide bonds. The first kappa shape index (κ1) is 14.0. The fourth-order valence-corrected chi connectivity index (χ4v) is 2.87. The lowest BCUT2D eigenvalue weighted by Gasteiger charge is -2.35. The van der Waals surface area contributed by atoms with E-state index in [0.29, 0.717) is 6.10 Å². The molecule has 2 nitrogen and oxygen atoms in total. The number of rotatable bonds is 6. The average molecular weight is 227 g/mol. The van der Waals surface area contributed by atoms with Gasteiger partial charge in [0.15, 0.2) is 0 Å². The molecule has 0 aromatic carbocycles. The van der Waals surface area contributed by atoms with Crippen LogP contribution in [0, 0.1) is 11.8 Å². The summed E-state index contributed by atoms with van der Waals surface area (Å²) in [7, 11) is 0. The predicted octanol–water partition coefficient (Wildman–Crippen LogP) is 3.22. The van der Waals surface area contributed by atoms with E-state index < -0.39 is 0 Å². The summed E-state index contributed by atoms with van der Waals surface area (Å²) in [5, 5.41) is 3.71. The van der Waals surface area contributed by atoms with Crippen molar-refractivity contribution in [3.8, 4) is 0 Å². The second kappa shape index (κ2) is 7.29. The summed E-state index contributed by atoms with van der Waals surface area (Å²) in [5.41, 5.74) is 0. The van der Waals surface area contributed by atoms with Crippen LogP contribution in [0.1, 0.15) is 53.4 Å². The SMILES string of the molecule is CCOC(C)CNC1CCCCC1C(C)C. The molecule has 16 heavy (non-hydrogen) atoms. The van der Waals surface area contributed by atoms with Crippen molar-refractivity contribution in [2.75, 3.05) is 13.2 Å². The maximum Gasteiger partial charge on any atom is 0.0671 e. The largest absolute Gasteiger partial charge is 0.377 e. The van der Waals surface area contributed by atoms with Crippen molar-refractivity contribution in [3.05, 3.63) is 0 Å². The first-order chi connectivity index (χ1) is 7.65. The van der Waals surface area contributed by atoms with Crippen LogP contribution in [0.2, 0.25) is 0 Å². The molecule has 1 aliphatic rings. The third-order valence-electron chi connectivity index (χ3n) is 3.79. The highest BCUT2D eigenvalue weighted by atomic mass is 16.5. The van der Waals surface area contributed by atoms with Gasteiger partial charge < -0.3 is 10.1 Å². The summed E-state index contributed by atoms with van der Waals surface area (Å²) >= 11 is 0. The summed E-state index contributed by atoms with van der Waals surface area (Å²) in [6.45, 7) is 10.8. The monoisotopic (exact) mass is 227 g/mol. The molecule has 0 radical (unpaired) electrons. The molecule has 0 aliphatic heterocycles. The predicted molar refractivity (Wildman–Crippen MR) is 69.7 cm³/mol. The maximum atomic E-state index is 5.57. The van der Waals surface area contributed by atoms with Gasteiger partial charge in [-0.3, -0.25) is 0 Å². The second-order valence-electron chi connectivity index (χ2n) is 5.47. The molecule has 1 aliphatic carbocycles. The van der Waals surface area contributed by atoms with Crippen LogP contribution in [0.25, 0.3) is 0 Å². The molecular weight excluding hydrogens is 198 g/mol. The molecule has 0 aromatic heterocycles. The molecule has 3 atom stereocenters. The molecule has 96 valence electrons. The lowest BCUT2D eigenvalue weighted by Crippen LogP contribution is -2.43. The zero-order valence-corrected chi connectivity index (χ0v) is 11.5. The molecular formula is C14H29NO. The Bertz CT molecular complexity index is 182. The van der Waals surface area contributed by atoms with E-state index in [-0.39, 0.29) is 0 Å². The number of hydrogen-bond donors (Lipinski definition) is 1. The summed E-state index contributed by atoms with van der Waals surface area (Å²) in [4.78, 5) is 0. The molecule has 3 unspecified atom stereocenters. The van der Waals surface area contributed by atoms with Crippen LogP contribution in [0.15, 0.2) is 0 Å². The zero-order valence-electron chi connectivity index (χ0n) is 11.5. The van der Waals surface area contributed by atoms with E-state index >= 15 is 0 Å². The Hall–Kier alpha value is -0.0800. The smallest absolute Gasteiger partial charge is 0.0671 e. The van der Waals surface area contributed by atoms with Crippen LogP contribution in [0.3, 0.4) is 0 Å². The molecule has 0 saturated heterocycles. The minimum atomic E-state index is 0.347. The Kier molecular flexibility index (Phi) is 6.37. The molecule has 2 heteroatoms. The Morgan fingerprint density at radius 2 is 1.88 bits per heavy atom. The van der Waals surface area contributed by atoms with Gasteiger partial charge in [0.1, 0.15) is 0 Å². The van der Waals surface area contributed by atoms with Gasteiger partial charge in [0.25, 0.3) is 0 Å². The molecule has 1 saturated carbocycles. The third-order valence-corrected chi connectivity index (χ3v) is 3.79. The second-order valence-corrected chi connectivity index (χ2v) is 5.47. The zero-order chi connectivity index (χ0) is 12.0. The van der Waals surface area contributed by atoms with Crippen LogP contribution in [0.5, 0.6) is 0 Å². The van der Waals surface area contributed by atoms with E-state index in [4.69, 9.17) is 4.74 Å². The Balaban J connectivity index is 2.32. The first-order valence-electron chi connectivity index (χ1n) is 7.00. The fraction of sp³-hybridized carbons (Fsp3) is 1.00. The highest BCUT2D eigenvalue weighted by molar-refractivity contribution is 4.83. The van der Waals surface area contributed by atoms with Crippen molar-refractivity contribution in [2.24, 2.45) is 11.8 Å². The fourth-order valence-electron chi connectivity index (χ4n) is 2.87. The van der Waals surface area contributed by atoms with Crippen LogP contribution >= 0.6 is 0 Å². The van der Waals surface area contributed by atoms with Gasteiger partial charge in [-0.2, -0.15) is 0 Å². The van der Waals surface area contributed by atoms with E-state index in [2.05, 4.69) is 33.0 Å². The number of ether oxygens (including phenoxy) is 1. The van der Waals surface area contributed by atoms with Crippen molar-refractivity contribution in [1.82, 2.24) is 5.32 Å². The van der Waals surface area contributed by atoms with Crippen molar-refractivity contribution >= 4 is 0 Å². The average Bonchev–Trinajstić information content (AvgIpc) is 2.27. The molecule has 0 heterocycles. The Morgan fingerprint density at radius 3 is 2.50 bits per heavy atom. The third kappa shape index (κ3) is 4.42. The van der Waals surface area contributed by atoms with Crippen molar-refractivity contribution < 1.29 is 4.74 Å². The van der Waals surface area contributed by atoms with Gasteiger partial charge in [-0.1, -0.05) is 26.7 Å². The van der Waals surface area contributed by atoms with Gasteiger partial charge in [-0.15, -0.1) is 0 Å². The molecule has 0 aromatic rings. The van der Waals surface area contributed by atoms with E-state index in [1.807, 2.05) is 0 Å². The standard InChI is InChI=1S/C14H29NO/c1-5-16-12(4)10-15-14-9-7-6-8-13(14)11(2)3/h11-15H,5-10H2,1-4H3. The minimum absolute atomic E-state index is 0.347. The van der Waals surface area contributed by atoms with Crippen molar-refractivity contribution in [3.63, 3.8) is 0 Å². The van der Waals surface area contributed by atoms with Crippen molar-refractivity contribution in [1.29, 1.82) is 0 Å². The molecule has 0 bridgehead atoms. The quantitative estimate of drug-likeness (QED) is 0.752. The first-order valence-corrected chi connectivity index (χ1v) is 7.00. The van der Waals surface area contributed by atoms with Crippen LogP contribution in [-0.4, -0.2) is 25.3 Å². The molecule has 1 N–H and O–H groups in total. The van der Waals surface area contributed by atoms with Crippen LogP contribution in [0.4, 0.5) is 0 Å². The lowest BCUT2D eigenvalue weighted by molar-refractivity contribution is 0.0680. The van der Waals surface area contributed by atoms with Gasteiger partial charge in [-0.05, 0) is 38.5 Å². The molecule has 1 fully saturated rings. The topological polar surface area (TPSA) is 21.3 Å². The Labute approximate surface area is 101 Å². The van der Waals surface area contributed by atoms with Gasteiger partial charge in [-0.25, -0.2) is 0 Å². The number of nitrogens with one attached hydrogen (secondary N) is 1. The maximum absolute atomic E-state index is 5.57. The van der Waals surface area contributed by atoms with Gasteiger partial charge in [0.05, 0.1) is 6.10 Å². The summed E-state index contributed by atoms with van der Waals surface area (Å²) in [6, 6.07) is 0.719. The van der Waals surface area contributed by atoms with Gasteiger partial charge in [0.2, 0.25) is 0 Å². The highest BCUT2D eigenvalue weighted by Crippen LogP contribution is 2.30. The lowest BCUT2D eigenvalue weighted by atomic mass is 9.78. The van der Waals surface area contributed by atoms with E-state index in [0.717, 1.165) is 31.0 Å². The van der Waals surface area contributed by atoms with E-state index in [1.165, 1.54) is 25.7 Å². The molecule has 1 rings (SSSR count). The van der Waals surface area contributed by atoms with Gasteiger partial charge in [0, 0.05) is 19.2 Å². The summed E-state index contributed by atoms with van der Waals surface area (Å²) in [5.74, 6) is 1.67. The van der Waals surface area contributed by atoms with Crippen LogP contribution < -0.4 is 5.32 Å². The highest BCUT2D eigenvalue weighted by Gasteiger charge is 2.27. The molecule has 0 spiro atoms. The Morgan fingerprint density at radius 1 is 1.19 bits per heavy atom.